The second-order valence-corrected chi connectivity index (χ2v) is 26.1. The van der Waals surface area contributed by atoms with E-state index in [-0.39, 0.29) is 0 Å². The monoisotopic (exact) mass is 560 g/mol. The average molecular weight is 561 g/mol. The van der Waals surface area contributed by atoms with Crippen LogP contribution in [0, 0.1) is 47.0 Å². The molecule has 220 valence electrons. The minimum atomic E-state index is -1.79. The SMILES string of the molecule is COCC1C2CCC(C(/C=C/[Si](C(C)C)(C(C)C)C(C)C)C2C#C[Si](C(C)C)(C(C)C)C(C)C)C1COC. The Bertz CT molecular complexity index is 773. The molecule has 3 aliphatic carbocycles. The van der Waals surface area contributed by atoms with Gasteiger partial charge in [-0.2, -0.15) is 0 Å². The van der Waals surface area contributed by atoms with Gasteiger partial charge in [-0.05, 0) is 75.7 Å². The molecule has 0 amide bonds. The Balaban J connectivity index is 2.71. The molecule has 2 nitrogen and oxygen atoms in total. The number of fused-ring (bicyclic) bond motifs is 3. The third-order valence-electron chi connectivity index (χ3n) is 11.5. The zero-order valence-corrected chi connectivity index (χ0v) is 29.7. The molecule has 3 saturated carbocycles. The van der Waals surface area contributed by atoms with Gasteiger partial charge in [-0.25, -0.2) is 0 Å². The number of rotatable bonds is 12. The molecule has 0 radical (unpaired) electrons. The lowest BCUT2D eigenvalue weighted by molar-refractivity contribution is -0.0898. The van der Waals surface area contributed by atoms with E-state index in [9.17, 15) is 0 Å². The predicted octanol–water partition coefficient (Wildman–Crippen LogP) is 9.78. The van der Waals surface area contributed by atoms with Crippen LogP contribution < -0.4 is 0 Å². The highest BCUT2D eigenvalue weighted by atomic mass is 28.3. The van der Waals surface area contributed by atoms with Crippen LogP contribution in [0.1, 0.15) is 95.9 Å². The third-order valence-corrected chi connectivity index (χ3v) is 24.6. The number of methoxy groups -OCH3 is 2. The normalized spacial score (nSPS) is 28.5. The Hall–Kier alpha value is -0.346. The summed E-state index contributed by atoms with van der Waals surface area (Å²) in [5.74, 6) is 7.50. The van der Waals surface area contributed by atoms with Crippen molar-refractivity contribution in [1.82, 2.24) is 0 Å². The van der Waals surface area contributed by atoms with Gasteiger partial charge >= 0.3 is 0 Å². The van der Waals surface area contributed by atoms with Crippen LogP contribution in [0.2, 0.25) is 33.2 Å². The Morgan fingerprint density at radius 3 is 1.47 bits per heavy atom. The predicted molar refractivity (Wildman–Crippen MR) is 173 cm³/mol. The fraction of sp³-hybridized carbons (Fsp3) is 0.882. The van der Waals surface area contributed by atoms with Crippen molar-refractivity contribution in [2.75, 3.05) is 27.4 Å². The molecule has 38 heavy (non-hydrogen) atoms. The van der Waals surface area contributed by atoms with Gasteiger partial charge in [0.05, 0.1) is 8.07 Å². The molecule has 0 aromatic heterocycles. The van der Waals surface area contributed by atoms with Crippen LogP contribution in [-0.4, -0.2) is 43.6 Å². The summed E-state index contributed by atoms with van der Waals surface area (Å²) in [7, 11) is 0.349. The molecule has 3 fully saturated rings. The quantitative estimate of drug-likeness (QED) is 0.175. The minimum absolute atomic E-state index is 0.444. The van der Waals surface area contributed by atoms with E-state index in [2.05, 4.69) is 106 Å². The van der Waals surface area contributed by atoms with Gasteiger partial charge in [0, 0.05) is 33.4 Å². The van der Waals surface area contributed by atoms with Crippen LogP contribution in [-0.2, 0) is 9.47 Å². The van der Waals surface area contributed by atoms with Gasteiger partial charge in [0.25, 0.3) is 0 Å². The fourth-order valence-electron chi connectivity index (χ4n) is 9.77. The first kappa shape index (κ1) is 33.9. The number of allylic oxidation sites excluding steroid dienone is 1. The Labute approximate surface area is 240 Å². The second-order valence-electron chi connectivity index (χ2n) is 14.7. The van der Waals surface area contributed by atoms with Gasteiger partial charge in [0.15, 0.2) is 0 Å². The molecule has 0 N–H and O–H groups in total. The number of ether oxygens (including phenoxy) is 2. The summed E-state index contributed by atoms with van der Waals surface area (Å²) in [5.41, 5.74) is 11.2. The molecule has 2 bridgehead atoms. The van der Waals surface area contributed by atoms with Gasteiger partial charge < -0.3 is 9.47 Å². The topological polar surface area (TPSA) is 18.5 Å². The summed E-state index contributed by atoms with van der Waals surface area (Å²) >= 11 is 0. The van der Waals surface area contributed by atoms with Crippen LogP contribution in [0.25, 0.3) is 0 Å². The highest BCUT2D eigenvalue weighted by Crippen LogP contribution is 2.56. The second kappa shape index (κ2) is 14.0. The molecular weight excluding hydrogens is 497 g/mol. The van der Waals surface area contributed by atoms with E-state index in [1.807, 2.05) is 14.2 Å². The number of hydrogen-bond acceptors (Lipinski definition) is 2. The van der Waals surface area contributed by atoms with Gasteiger partial charge in [0.1, 0.15) is 8.07 Å². The fourth-order valence-corrected chi connectivity index (χ4v) is 20.8. The summed E-state index contributed by atoms with van der Waals surface area (Å²) in [6.45, 7) is 31.3. The molecule has 0 aromatic carbocycles. The van der Waals surface area contributed by atoms with E-state index >= 15 is 0 Å². The maximum Gasteiger partial charge on any atom is 0.145 e. The Kier molecular flexibility index (Phi) is 12.5. The minimum Gasteiger partial charge on any atom is -0.384 e. The van der Waals surface area contributed by atoms with Crippen LogP contribution in [0.3, 0.4) is 0 Å². The summed E-state index contributed by atoms with van der Waals surface area (Å²) in [6.07, 6.45) is 5.34. The largest absolute Gasteiger partial charge is 0.384 e. The van der Waals surface area contributed by atoms with E-state index < -0.39 is 16.1 Å². The molecule has 6 atom stereocenters. The maximum absolute atomic E-state index is 5.86. The maximum atomic E-state index is 5.86. The van der Waals surface area contributed by atoms with Crippen molar-refractivity contribution in [3.63, 3.8) is 0 Å². The zero-order chi connectivity index (χ0) is 29.0. The lowest BCUT2D eigenvalue weighted by Gasteiger charge is -2.55. The first-order valence-corrected chi connectivity index (χ1v) is 20.5. The van der Waals surface area contributed by atoms with Crippen LogP contribution in [0.5, 0.6) is 0 Å². The van der Waals surface area contributed by atoms with Crippen LogP contribution in [0.15, 0.2) is 11.8 Å². The Morgan fingerprint density at radius 1 is 0.658 bits per heavy atom. The summed E-state index contributed by atoms with van der Waals surface area (Å²) in [6, 6.07) is 0. The molecule has 0 aromatic rings. The first-order valence-electron chi connectivity index (χ1n) is 15.9. The highest BCUT2D eigenvalue weighted by Gasteiger charge is 2.53. The molecule has 0 spiro atoms. The van der Waals surface area contributed by atoms with Crippen molar-refractivity contribution in [2.24, 2.45) is 35.5 Å². The molecule has 0 aliphatic heterocycles. The van der Waals surface area contributed by atoms with Crippen molar-refractivity contribution in [3.05, 3.63) is 11.8 Å². The smallest absolute Gasteiger partial charge is 0.145 e. The van der Waals surface area contributed by atoms with Crippen molar-refractivity contribution < 1.29 is 9.47 Å². The first-order chi connectivity index (χ1) is 17.7. The van der Waals surface area contributed by atoms with Crippen LogP contribution >= 0.6 is 0 Å². The Morgan fingerprint density at radius 2 is 1.08 bits per heavy atom. The van der Waals surface area contributed by atoms with Crippen molar-refractivity contribution in [3.8, 4) is 11.5 Å². The zero-order valence-electron chi connectivity index (χ0n) is 27.7. The lowest BCUT2D eigenvalue weighted by Crippen LogP contribution is -2.53. The molecule has 4 heteroatoms. The lowest BCUT2D eigenvalue weighted by atomic mass is 9.50. The van der Waals surface area contributed by atoms with Crippen molar-refractivity contribution >= 4 is 16.1 Å². The summed E-state index contributed by atoms with van der Waals surface area (Å²) in [5, 5.41) is 0. The highest BCUT2D eigenvalue weighted by molar-refractivity contribution is 6.90. The summed E-state index contributed by atoms with van der Waals surface area (Å²) in [4.78, 5) is 0. The van der Waals surface area contributed by atoms with E-state index in [0.717, 1.165) is 29.8 Å². The molecule has 3 rings (SSSR count). The molecule has 0 saturated heterocycles. The molecular formula is C34H64O2Si2. The molecule has 3 aliphatic rings. The molecule has 6 unspecified atom stereocenters. The van der Waals surface area contributed by atoms with Crippen molar-refractivity contribution in [2.45, 2.75) is 129 Å². The van der Waals surface area contributed by atoms with E-state index in [1.54, 1.807) is 0 Å². The number of hydrogen-bond donors (Lipinski definition) is 0. The van der Waals surface area contributed by atoms with Gasteiger partial charge in [-0.15, -0.1) is 11.5 Å². The van der Waals surface area contributed by atoms with Gasteiger partial charge in [-0.3, -0.25) is 0 Å². The van der Waals surface area contributed by atoms with Gasteiger partial charge in [-0.1, -0.05) is 94.9 Å². The van der Waals surface area contributed by atoms with E-state index in [4.69, 9.17) is 9.47 Å². The summed E-state index contributed by atoms with van der Waals surface area (Å²) < 4.78 is 11.7. The van der Waals surface area contributed by atoms with Crippen LogP contribution in [0.4, 0.5) is 0 Å². The van der Waals surface area contributed by atoms with E-state index in [1.165, 1.54) is 12.8 Å². The van der Waals surface area contributed by atoms with Crippen molar-refractivity contribution in [1.29, 1.82) is 0 Å². The molecule has 0 heterocycles. The van der Waals surface area contributed by atoms with E-state index in [0.29, 0.717) is 52.1 Å². The average Bonchev–Trinajstić information content (AvgIpc) is 2.81. The van der Waals surface area contributed by atoms with Gasteiger partial charge in [0.2, 0.25) is 0 Å². The standard InChI is InChI=1S/C34H64O2Si2/c1-23(2)37(24(3)4,25(5)6)19-17-31-29-15-16-30(34(22-36-14)33(29)21-35-13)32(31)18-20-38(26(7)8,27(9)10)28(11)12/h17,19,23-34H,15-16,21-22H2,1-14H3/b19-17+. The third kappa shape index (κ3) is 6.27.